The van der Waals surface area contributed by atoms with Gasteiger partial charge < -0.3 is 5.73 Å². The molecule has 0 spiro atoms. The van der Waals surface area contributed by atoms with Crippen LogP contribution in [-0.2, 0) is 6.42 Å². The van der Waals surface area contributed by atoms with Gasteiger partial charge in [0, 0.05) is 10.4 Å². The van der Waals surface area contributed by atoms with E-state index >= 15 is 0 Å². The summed E-state index contributed by atoms with van der Waals surface area (Å²) in [6.45, 7) is 2.57. The number of hydrogen-bond acceptors (Lipinski definition) is 3. The van der Waals surface area contributed by atoms with Gasteiger partial charge in [-0.05, 0) is 44.5 Å². The summed E-state index contributed by atoms with van der Waals surface area (Å²) in [4.78, 5) is 8.84. The Balaban J connectivity index is 2.55. The van der Waals surface area contributed by atoms with E-state index in [1.54, 1.807) is 0 Å². The molecule has 0 saturated heterocycles. The molecule has 0 aliphatic rings. The van der Waals surface area contributed by atoms with Crippen LogP contribution in [0, 0.1) is 6.92 Å². The number of nitrogens with two attached hydrogens (primary N) is 1. The lowest BCUT2D eigenvalue weighted by atomic mass is 10.1. The average Bonchev–Trinajstić information content (AvgIpc) is 2.26. The van der Waals surface area contributed by atoms with Crippen LogP contribution in [0.15, 0.2) is 18.2 Å². The van der Waals surface area contributed by atoms with E-state index in [1.165, 1.54) is 0 Å². The minimum Gasteiger partial charge on any atom is -0.330 e. The molecule has 4 heteroatoms. The Morgan fingerprint density at radius 3 is 2.88 bits per heavy atom. The van der Waals surface area contributed by atoms with Crippen molar-refractivity contribution in [2.45, 2.75) is 19.8 Å². The minimum absolute atomic E-state index is 0.672. The predicted octanol–water partition coefficient (Wildman–Crippen LogP) is 2.48. The van der Waals surface area contributed by atoms with Crippen molar-refractivity contribution in [3.63, 3.8) is 0 Å². The number of nitrogens with zero attached hydrogens (tertiary/aromatic N) is 2. The lowest BCUT2D eigenvalue weighted by Gasteiger charge is -2.06. The number of aryl methyl sites for hydroxylation is 2. The van der Waals surface area contributed by atoms with Crippen LogP contribution in [0.5, 0.6) is 0 Å². The highest BCUT2D eigenvalue weighted by Crippen LogP contribution is 2.21. The summed E-state index contributed by atoms with van der Waals surface area (Å²) in [7, 11) is 0. The number of hydrogen-bond donors (Lipinski definition) is 1. The number of fused-ring (bicyclic) bond motifs is 1. The van der Waals surface area contributed by atoms with Crippen LogP contribution in [0.4, 0.5) is 0 Å². The predicted molar refractivity (Wildman–Crippen MR) is 66.7 cm³/mol. The Bertz CT molecular complexity index is 511. The number of aromatic nitrogens is 2. The summed E-state index contributed by atoms with van der Waals surface area (Å²) in [5.41, 5.74) is 7.50. The van der Waals surface area contributed by atoms with Crippen LogP contribution in [0.25, 0.3) is 10.9 Å². The van der Waals surface area contributed by atoms with Crippen molar-refractivity contribution < 1.29 is 0 Å². The van der Waals surface area contributed by atoms with Gasteiger partial charge in [0.2, 0.25) is 0 Å². The van der Waals surface area contributed by atoms with E-state index in [-0.39, 0.29) is 0 Å². The standard InChI is InChI=1S/C12H14ClN3/c1-8-15-11(3-2-6-14)10-7-9(13)4-5-12(10)16-8/h4-5,7H,2-3,6,14H2,1H3. The Morgan fingerprint density at radius 2 is 2.12 bits per heavy atom. The van der Waals surface area contributed by atoms with Crippen molar-refractivity contribution in [3.05, 3.63) is 34.7 Å². The highest BCUT2D eigenvalue weighted by atomic mass is 35.5. The molecule has 0 unspecified atom stereocenters. The van der Waals surface area contributed by atoms with Crippen molar-refractivity contribution in [3.8, 4) is 0 Å². The zero-order valence-electron chi connectivity index (χ0n) is 9.20. The van der Waals surface area contributed by atoms with Gasteiger partial charge in [-0.2, -0.15) is 0 Å². The smallest absolute Gasteiger partial charge is 0.126 e. The van der Waals surface area contributed by atoms with Crippen molar-refractivity contribution in [2.75, 3.05) is 6.54 Å². The van der Waals surface area contributed by atoms with Crippen molar-refractivity contribution >= 4 is 22.5 Å². The highest BCUT2D eigenvalue weighted by molar-refractivity contribution is 6.31. The van der Waals surface area contributed by atoms with Crippen LogP contribution >= 0.6 is 11.6 Å². The molecule has 0 aliphatic carbocycles. The maximum Gasteiger partial charge on any atom is 0.126 e. The fourth-order valence-electron chi connectivity index (χ4n) is 1.75. The molecule has 0 atom stereocenters. The molecule has 0 bridgehead atoms. The van der Waals surface area contributed by atoms with Crippen LogP contribution in [0.2, 0.25) is 5.02 Å². The zero-order valence-corrected chi connectivity index (χ0v) is 9.96. The Morgan fingerprint density at radius 1 is 1.31 bits per heavy atom. The molecule has 2 N–H and O–H groups in total. The third kappa shape index (κ3) is 2.31. The molecule has 0 saturated carbocycles. The van der Waals surface area contributed by atoms with E-state index in [0.29, 0.717) is 11.6 Å². The molecule has 16 heavy (non-hydrogen) atoms. The second kappa shape index (κ2) is 4.76. The number of rotatable bonds is 3. The molecule has 1 aromatic heterocycles. The van der Waals surface area contributed by atoms with Gasteiger partial charge >= 0.3 is 0 Å². The third-order valence-corrected chi connectivity index (χ3v) is 2.70. The lowest BCUT2D eigenvalue weighted by molar-refractivity contribution is 0.808. The van der Waals surface area contributed by atoms with Gasteiger partial charge in [0.15, 0.2) is 0 Å². The van der Waals surface area contributed by atoms with E-state index in [1.807, 2.05) is 25.1 Å². The van der Waals surface area contributed by atoms with E-state index in [2.05, 4.69) is 9.97 Å². The van der Waals surface area contributed by atoms with Crippen LogP contribution in [-0.4, -0.2) is 16.5 Å². The summed E-state index contributed by atoms with van der Waals surface area (Å²) in [6.07, 6.45) is 1.80. The molecule has 84 valence electrons. The Hall–Kier alpha value is -1.19. The van der Waals surface area contributed by atoms with Gasteiger partial charge in [-0.15, -0.1) is 0 Å². The first kappa shape index (κ1) is 11.3. The number of halogens is 1. The highest BCUT2D eigenvalue weighted by Gasteiger charge is 2.05. The molecule has 1 heterocycles. The molecule has 0 fully saturated rings. The second-order valence-corrected chi connectivity index (χ2v) is 4.21. The van der Waals surface area contributed by atoms with Gasteiger partial charge in [-0.3, -0.25) is 0 Å². The molecule has 2 rings (SSSR count). The van der Waals surface area contributed by atoms with Crippen LogP contribution in [0.3, 0.4) is 0 Å². The zero-order chi connectivity index (χ0) is 11.5. The number of benzene rings is 1. The molecule has 0 radical (unpaired) electrons. The Kier molecular flexibility index (Phi) is 3.36. The van der Waals surface area contributed by atoms with E-state index < -0.39 is 0 Å². The summed E-state index contributed by atoms with van der Waals surface area (Å²) in [5.74, 6) is 0.793. The molecule has 2 aromatic rings. The molecule has 1 aromatic carbocycles. The lowest BCUT2D eigenvalue weighted by Crippen LogP contribution is -2.03. The molecular formula is C12H14ClN3. The van der Waals surface area contributed by atoms with Crippen LogP contribution in [0.1, 0.15) is 17.9 Å². The summed E-state index contributed by atoms with van der Waals surface area (Å²) >= 11 is 5.98. The summed E-state index contributed by atoms with van der Waals surface area (Å²) in [6, 6.07) is 5.70. The third-order valence-electron chi connectivity index (χ3n) is 2.47. The normalized spacial score (nSPS) is 10.9. The first-order chi connectivity index (χ1) is 7.70. The Labute approximate surface area is 99.7 Å². The topological polar surface area (TPSA) is 51.8 Å². The van der Waals surface area contributed by atoms with Gasteiger partial charge in [0.25, 0.3) is 0 Å². The average molecular weight is 236 g/mol. The SMILES string of the molecule is Cc1nc(CCCN)c2cc(Cl)ccc2n1. The summed E-state index contributed by atoms with van der Waals surface area (Å²) in [5, 5.41) is 1.75. The summed E-state index contributed by atoms with van der Waals surface area (Å²) < 4.78 is 0. The quantitative estimate of drug-likeness (QED) is 0.889. The van der Waals surface area contributed by atoms with Crippen molar-refractivity contribution in [1.82, 2.24) is 9.97 Å². The van der Waals surface area contributed by atoms with Gasteiger partial charge in [-0.1, -0.05) is 11.6 Å². The molecule has 0 aliphatic heterocycles. The second-order valence-electron chi connectivity index (χ2n) is 3.77. The first-order valence-electron chi connectivity index (χ1n) is 5.33. The van der Waals surface area contributed by atoms with E-state index in [4.69, 9.17) is 17.3 Å². The molecular weight excluding hydrogens is 222 g/mol. The van der Waals surface area contributed by atoms with E-state index in [9.17, 15) is 0 Å². The van der Waals surface area contributed by atoms with E-state index in [0.717, 1.165) is 35.3 Å². The first-order valence-corrected chi connectivity index (χ1v) is 5.71. The maximum atomic E-state index is 5.98. The fraction of sp³-hybridized carbons (Fsp3) is 0.333. The van der Waals surface area contributed by atoms with Gasteiger partial charge in [-0.25, -0.2) is 9.97 Å². The maximum absolute atomic E-state index is 5.98. The molecule has 0 amide bonds. The van der Waals surface area contributed by atoms with Crippen molar-refractivity contribution in [2.24, 2.45) is 5.73 Å². The van der Waals surface area contributed by atoms with Gasteiger partial charge in [0.1, 0.15) is 5.82 Å². The fourth-order valence-corrected chi connectivity index (χ4v) is 1.92. The van der Waals surface area contributed by atoms with Crippen molar-refractivity contribution in [1.29, 1.82) is 0 Å². The monoisotopic (exact) mass is 235 g/mol. The van der Waals surface area contributed by atoms with Crippen LogP contribution < -0.4 is 5.73 Å². The largest absolute Gasteiger partial charge is 0.330 e. The van der Waals surface area contributed by atoms with Gasteiger partial charge in [0.05, 0.1) is 11.2 Å². The minimum atomic E-state index is 0.672. The molecule has 3 nitrogen and oxygen atoms in total.